The first-order chi connectivity index (χ1) is 9.44. The quantitative estimate of drug-likeness (QED) is 0.570. The van der Waals surface area contributed by atoms with Crippen molar-refractivity contribution in [3.8, 4) is 0 Å². The van der Waals surface area contributed by atoms with Crippen LogP contribution in [0.1, 0.15) is 12.6 Å². The van der Waals surface area contributed by atoms with E-state index in [2.05, 4.69) is 20.6 Å². The number of rotatable bonds is 6. The zero-order valence-electron chi connectivity index (χ0n) is 11.9. The number of carbonyl (C=O) groups is 1. The summed E-state index contributed by atoms with van der Waals surface area (Å²) in [6.07, 6.45) is 0. The summed E-state index contributed by atoms with van der Waals surface area (Å²) in [5.74, 6) is 0.167. The molecule has 9 heteroatoms. The first kappa shape index (κ1) is 15.6. The predicted octanol–water partition coefficient (Wildman–Crippen LogP) is 0.307. The van der Waals surface area contributed by atoms with E-state index < -0.39 is 4.92 Å². The molecule has 0 unspecified atom stereocenters. The molecule has 0 fully saturated rings. The maximum absolute atomic E-state index is 11.5. The topological polar surface area (TPSA) is 113 Å². The Morgan fingerprint density at radius 3 is 2.50 bits per heavy atom. The average Bonchev–Trinajstić information content (AvgIpc) is 2.42. The van der Waals surface area contributed by atoms with Crippen LogP contribution in [0.25, 0.3) is 0 Å². The summed E-state index contributed by atoms with van der Waals surface area (Å²) in [5, 5.41) is 16.4. The molecule has 0 radical (unpaired) electrons. The minimum atomic E-state index is -0.531. The van der Waals surface area contributed by atoms with Crippen LogP contribution in [0, 0.1) is 17.0 Å². The van der Waals surface area contributed by atoms with Gasteiger partial charge in [-0.2, -0.15) is 4.98 Å². The van der Waals surface area contributed by atoms with Crippen LogP contribution in [-0.4, -0.2) is 48.0 Å². The van der Waals surface area contributed by atoms with Crippen molar-refractivity contribution in [2.75, 3.05) is 37.4 Å². The number of nitrogens with zero attached hydrogens (tertiary/aromatic N) is 4. The Labute approximate surface area is 116 Å². The van der Waals surface area contributed by atoms with Crippen LogP contribution >= 0.6 is 0 Å². The monoisotopic (exact) mass is 282 g/mol. The minimum absolute atomic E-state index is 0.00650. The lowest BCUT2D eigenvalue weighted by Crippen LogP contribution is -2.36. The van der Waals surface area contributed by atoms with E-state index in [4.69, 9.17) is 0 Å². The highest BCUT2D eigenvalue weighted by molar-refractivity contribution is 5.81. The lowest BCUT2D eigenvalue weighted by molar-refractivity contribution is -0.385. The van der Waals surface area contributed by atoms with Crippen molar-refractivity contribution in [2.24, 2.45) is 0 Å². The molecule has 0 aromatic carbocycles. The molecule has 0 aliphatic rings. The van der Waals surface area contributed by atoms with Crippen molar-refractivity contribution >= 4 is 23.4 Å². The summed E-state index contributed by atoms with van der Waals surface area (Å²) in [6.45, 7) is 3.74. The van der Waals surface area contributed by atoms with E-state index in [1.165, 1.54) is 18.9 Å². The molecule has 9 nitrogen and oxygen atoms in total. The molecule has 1 aromatic rings. The molecule has 110 valence electrons. The summed E-state index contributed by atoms with van der Waals surface area (Å²) >= 11 is 0. The second-order valence-electron chi connectivity index (χ2n) is 4.00. The summed E-state index contributed by atoms with van der Waals surface area (Å²) in [4.78, 5) is 31.8. The van der Waals surface area contributed by atoms with E-state index >= 15 is 0 Å². The molecule has 1 rings (SSSR count). The van der Waals surface area contributed by atoms with E-state index in [-0.39, 0.29) is 35.6 Å². The van der Waals surface area contributed by atoms with Gasteiger partial charge in [-0.1, -0.05) is 0 Å². The summed E-state index contributed by atoms with van der Waals surface area (Å²) in [5.41, 5.74) is 0.0643. The molecule has 1 aromatic heterocycles. The molecule has 0 saturated heterocycles. The standard InChI is InChI=1S/C11H18N6O3/c1-5-16(6-8(18)12-3)10-9(17(19)20)7(2)14-11(13-4)15-10/h5-6H2,1-4H3,(H,12,18)(H,13,14,15). The Hall–Kier alpha value is -2.45. The second kappa shape index (κ2) is 6.64. The zero-order valence-corrected chi connectivity index (χ0v) is 11.9. The van der Waals surface area contributed by atoms with Crippen LogP contribution < -0.4 is 15.5 Å². The molecular formula is C11H18N6O3. The smallest absolute Gasteiger partial charge is 0.332 e. The van der Waals surface area contributed by atoms with Crippen molar-refractivity contribution < 1.29 is 9.72 Å². The minimum Gasteiger partial charge on any atom is -0.358 e. The first-order valence-electron chi connectivity index (χ1n) is 6.10. The van der Waals surface area contributed by atoms with E-state index in [1.807, 2.05) is 0 Å². The maximum Gasteiger partial charge on any atom is 0.332 e. The number of carbonyl (C=O) groups excluding carboxylic acids is 1. The lowest BCUT2D eigenvalue weighted by atomic mass is 10.3. The van der Waals surface area contributed by atoms with Crippen LogP contribution in [0.4, 0.5) is 17.5 Å². The second-order valence-corrected chi connectivity index (χ2v) is 4.00. The fraction of sp³-hybridized carbons (Fsp3) is 0.545. The molecule has 1 amide bonds. The number of likely N-dealkylation sites (N-methyl/N-ethyl adjacent to an activating group) is 2. The van der Waals surface area contributed by atoms with Gasteiger partial charge in [-0.15, -0.1) is 0 Å². The van der Waals surface area contributed by atoms with Crippen LogP contribution in [0.5, 0.6) is 0 Å². The third-order valence-electron chi connectivity index (χ3n) is 2.74. The normalized spacial score (nSPS) is 10.0. The molecule has 20 heavy (non-hydrogen) atoms. The molecule has 2 N–H and O–H groups in total. The van der Waals surface area contributed by atoms with Crippen LogP contribution in [0.3, 0.4) is 0 Å². The Bertz CT molecular complexity index is 519. The Balaban J connectivity index is 3.34. The van der Waals surface area contributed by atoms with Gasteiger partial charge in [0.05, 0.1) is 11.5 Å². The summed E-state index contributed by atoms with van der Waals surface area (Å²) < 4.78 is 0. The van der Waals surface area contributed by atoms with E-state index in [0.29, 0.717) is 6.54 Å². The van der Waals surface area contributed by atoms with Gasteiger partial charge in [-0.25, -0.2) is 4.98 Å². The summed E-state index contributed by atoms with van der Waals surface area (Å²) in [6, 6.07) is 0. The number of aryl methyl sites for hydroxylation is 1. The summed E-state index contributed by atoms with van der Waals surface area (Å²) in [7, 11) is 3.13. The van der Waals surface area contributed by atoms with E-state index in [9.17, 15) is 14.9 Å². The van der Waals surface area contributed by atoms with Crippen molar-refractivity contribution in [1.29, 1.82) is 0 Å². The van der Waals surface area contributed by atoms with Gasteiger partial charge < -0.3 is 15.5 Å². The number of amides is 1. The zero-order chi connectivity index (χ0) is 15.3. The third-order valence-corrected chi connectivity index (χ3v) is 2.74. The number of hydrogen-bond acceptors (Lipinski definition) is 7. The molecule has 0 spiro atoms. The van der Waals surface area contributed by atoms with Gasteiger partial charge in [0.25, 0.3) is 0 Å². The van der Waals surface area contributed by atoms with Gasteiger partial charge >= 0.3 is 5.69 Å². The van der Waals surface area contributed by atoms with E-state index in [0.717, 1.165) is 0 Å². The Kier molecular flexibility index (Phi) is 5.18. The number of nitrogens with one attached hydrogen (secondary N) is 2. The van der Waals surface area contributed by atoms with E-state index in [1.54, 1.807) is 14.0 Å². The highest BCUT2D eigenvalue weighted by Crippen LogP contribution is 2.29. The molecule has 0 aliphatic heterocycles. The third kappa shape index (κ3) is 3.31. The van der Waals surface area contributed by atoms with Crippen molar-refractivity contribution in [1.82, 2.24) is 15.3 Å². The maximum atomic E-state index is 11.5. The number of anilines is 2. The number of aromatic nitrogens is 2. The first-order valence-corrected chi connectivity index (χ1v) is 6.10. The van der Waals surface area contributed by atoms with Crippen LogP contribution in [0.15, 0.2) is 0 Å². The van der Waals surface area contributed by atoms with Crippen molar-refractivity contribution in [2.45, 2.75) is 13.8 Å². The molecule has 0 saturated carbocycles. The van der Waals surface area contributed by atoms with Crippen molar-refractivity contribution in [3.05, 3.63) is 15.8 Å². The highest BCUT2D eigenvalue weighted by atomic mass is 16.6. The van der Waals surface area contributed by atoms with Gasteiger partial charge in [-0.3, -0.25) is 14.9 Å². The van der Waals surface area contributed by atoms with Gasteiger partial charge in [0, 0.05) is 20.6 Å². The Morgan fingerprint density at radius 2 is 2.05 bits per heavy atom. The fourth-order valence-corrected chi connectivity index (χ4v) is 1.69. The van der Waals surface area contributed by atoms with Crippen molar-refractivity contribution in [3.63, 3.8) is 0 Å². The number of hydrogen-bond donors (Lipinski definition) is 2. The Morgan fingerprint density at radius 1 is 1.40 bits per heavy atom. The highest BCUT2D eigenvalue weighted by Gasteiger charge is 2.26. The van der Waals surface area contributed by atoms with Gasteiger partial charge in [-0.05, 0) is 13.8 Å². The molecular weight excluding hydrogens is 264 g/mol. The lowest BCUT2D eigenvalue weighted by Gasteiger charge is -2.21. The van der Waals surface area contributed by atoms with Gasteiger partial charge in [0.2, 0.25) is 17.7 Å². The molecule has 0 bridgehead atoms. The predicted molar refractivity (Wildman–Crippen MR) is 74.9 cm³/mol. The molecule has 1 heterocycles. The molecule has 0 aliphatic carbocycles. The number of nitro groups is 1. The largest absolute Gasteiger partial charge is 0.358 e. The fourth-order valence-electron chi connectivity index (χ4n) is 1.69. The van der Waals surface area contributed by atoms with Gasteiger partial charge in [0.15, 0.2) is 0 Å². The SMILES string of the molecule is CCN(CC(=O)NC)c1nc(NC)nc(C)c1[N+](=O)[O-]. The average molecular weight is 282 g/mol. The van der Waals surface area contributed by atoms with Gasteiger partial charge in [0.1, 0.15) is 5.69 Å². The van der Waals surface area contributed by atoms with Crippen LogP contribution in [0.2, 0.25) is 0 Å². The van der Waals surface area contributed by atoms with Crippen LogP contribution in [-0.2, 0) is 4.79 Å². The molecule has 0 atom stereocenters.